The summed E-state index contributed by atoms with van der Waals surface area (Å²) in [5.74, 6) is 0.328. The van der Waals surface area contributed by atoms with E-state index in [0.717, 1.165) is 0 Å². The van der Waals surface area contributed by atoms with Gasteiger partial charge in [-0.1, -0.05) is 20.8 Å². The van der Waals surface area contributed by atoms with Gasteiger partial charge in [0, 0.05) is 17.0 Å². The second kappa shape index (κ2) is 8.10. The van der Waals surface area contributed by atoms with E-state index in [2.05, 4.69) is 35.7 Å². The van der Waals surface area contributed by atoms with Crippen molar-refractivity contribution in [3.05, 3.63) is 29.1 Å². The van der Waals surface area contributed by atoms with Crippen molar-refractivity contribution >= 4 is 33.5 Å². The lowest BCUT2D eigenvalue weighted by Gasteiger charge is -2.40. The smallest absolute Gasteiger partial charge is 0.406 e. The molecule has 1 fully saturated rings. The molecule has 0 aliphatic carbocycles. The van der Waals surface area contributed by atoms with Crippen molar-refractivity contribution in [3.63, 3.8) is 0 Å². The van der Waals surface area contributed by atoms with Crippen molar-refractivity contribution in [3.8, 4) is 0 Å². The van der Waals surface area contributed by atoms with E-state index in [1.54, 1.807) is 4.57 Å². The van der Waals surface area contributed by atoms with Crippen molar-refractivity contribution in [2.45, 2.75) is 63.4 Å². The summed E-state index contributed by atoms with van der Waals surface area (Å²) in [5, 5.41) is 9.72. The molecule has 12 nitrogen and oxygen atoms in total. The van der Waals surface area contributed by atoms with Gasteiger partial charge in [0.1, 0.15) is 17.9 Å². The molecule has 4 rings (SSSR count). The number of aromatic nitrogens is 5. The normalized spacial score (nSPS) is 25.2. The van der Waals surface area contributed by atoms with Crippen LogP contribution in [-0.2, 0) is 18.3 Å². The summed E-state index contributed by atoms with van der Waals surface area (Å²) < 4.78 is 32.4. The molecule has 1 unspecified atom stereocenters. The summed E-state index contributed by atoms with van der Waals surface area (Å²) in [5.41, 5.74) is 0.173. The van der Waals surface area contributed by atoms with Crippen LogP contribution in [0.25, 0.3) is 16.9 Å². The first-order valence-corrected chi connectivity index (χ1v) is 14.2. The molecule has 5 atom stereocenters. The van der Waals surface area contributed by atoms with Gasteiger partial charge in [-0.15, -0.1) is 9.42 Å². The molecule has 0 aromatic carbocycles. The maximum atomic E-state index is 12.8. The highest BCUT2D eigenvalue weighted by Crippen LogP contribution is 2.44. The lowest BCUT2D eigenvalue weighted by atomic mass is 10.1. The minimum atomic E-state index is -2.98. The van der Waals surface area contributed by atoms with Crippen LogP contribution < -0.4 is 5.56 Å². The molecule has 1 aliphatic heterocycles. The van der Waals surface area contributed by atoms with Gasteiger partial charge in [0.25, 0.3) is 5.56 Å². The zero-order valence-electron chi connectivity index (χ0n) is 18.4. The topological polar surface area (TPSA) is 153 Å². The maximum Gasteiger partial charge on any atom is 0.695 e. The highest BCUT2D eigenvalue weighted by molar-refractivity contribution is 7.32. The van der Waals surface area contributed by atoms with E-state index in [4.69, 9.17) is 13.7 Å². The monoisotopic (exact) mass is 484 g/mol. The number of aromatic amines is 1. The molecular formula is C18H27N5O7PSi+. The van der Waals surface area contributed by atoms with Gasteiger partial charge in [-0.05, 0) is 18.1 Å². The van der Waals surface area contributed by atoms with E-state index in [1.807, 2.05) is 13.1 Å². The van der Waals surface area contributed by atoms with Crippen LogP contribution in [0.2, 0.25) is 18.1 Å². The molecule has 14 heteroatoms. The fourth-order valence-corrected chi connectivity index (χ4v) is 5.32. The minimum Gasteiger partial charge on any atom is -0.406 e. The van der Waals surface area contributed by atoms with E-state index in [9.17, 15) is 19.4 Å². The Morgan fingerprint density at radius 1 is 1.31 bits per heavy atom. The summed E-state index contributed by atoms with van der Waals surface area (Å²) in [6.45, 7) is 9.82. The molecular weight excluding hydrogens is 457 g/mol. The van der Waals surface area contributed by atoms with Gasteiger partial charge in [-0.2, -0.15) is 0 Å². The zero-order chi connectivity index (χ0) is 23.4. The third-order valence-electron chi connectivity index (χ3n) is 6.27. The highest BCUT2D eigenvalue weighted by Gasteiger charge is 2.54. The fourth-order valence-electron chi connectivity index (χ4n) is 3.57. The number of nitrogens with one attached hydrogen (secondary N) is 1. The first kappa shape index (κ1) is 23.2. The van der Waals surface area contributed by atoms with E-state index < -0.39 is 47.7 Å². The summed E-state index contributed by atoms with van der Waals surface area (Å²) in [6, 6.07) is 0. The van der Waals surface area contributed by atoms with E-state index in [-0.39, 0.29) is 16.1 Å². The molecule has 0 saturated carbocycles. The summed E-state index contributed by atoms with van der Waals surface area (Å²) in [7, 11) is -5.39. The molecule has 1 aliphatic rings. The van der Waals surface area contributed by atoms with Crippen molar-refractivity contribution in [2.24, 2.45) is 0 Å². The molecule has 32 heavy (non-hydrogen) atoms. The van der Waals surface area contributed by atoms with Crippen molar-refractivity contribution in [1.29, 1.82) is 0 Å². The first-order valence-electron chi connectivity index (χ1n) is 10.1. The number of nitrogens with zero attached hydrogens (tertiary/aromatic N) is 4. The quantitative estimate of drug-likeness (QED) is 0.350. The van der Waals surface area contributed by atoms with Gasteiger partial charge in [0.2, 0.25) is 5.78 Å². The molecule has 0 amide bonds. The standard InChI is InChI=1S/C18H26N5O7PSi/c1-18(2,3)32(4,5)30-13-12(29-31(26)27)10(8-24)28-16(13)23-9-20-11-14(23)21-17-19-6-7-22(17)15(11)25/h6-7,9-10,12-13,16,24H,8H2,1-5H3,(H-,19,21,25,26,27)/p+1/t10-,12-,13-,16-/m1/s1. The molecule has 3 N–H and O–H groups in total. The summed E-state index contributed by atoms with van der Waals surface area (Å²) in [6.07, 6.45) is 0.827. The SMILES string of the molecule is CC(C)(C)[Si](C)(C)O[C@@H]1[C@H](O[P+](=O)O)[C@@H](CO)O[C@H]1n1cnc2c(=O)n3ccnc3[nH]c21. The summed E-state index contributed by atoms with van der Waals surface area (Å²) in [4.78, 5) is 33.7. The second-order valence-corrected chi connectivity index (χ2v) is 14.7. The Hall–Kier alpha value is -1.99. The molecule has 0 radical (unpaired) electrons. The van der Waals surface area contributed by atoms with Crippen LogP contribution >= 0.6 is 8.25 Å². The average molecular weight is 485 g/mol. The van der Waals surface area contributed by atoms with Gasteiger partial charge in [-0.25, -0.2) is 14.4 Å². The highest BCUT2D eigenvalue weighted by atomic mass is 31.1. The van der Waals surface area contributed by atoms with E-state index >= 15 is 0 Å². The largest absolute Gasteiger partial charge is 0.695 e. The molecule has 3 aromatic rings. The number of fused-ring (bicyclic) bond motifs is 2. The number of rotatable bonds is 6. The second-order valence-electron chi connectivity index (χ2n) is 9.30. The van der Waals surface area contributed by atoms with E-state index in [1.165, 1.54) is 23.1 Å². The third-order valence-corrected chi connectivity index (χ3v) is 11.2. The number of hydrogen-bond acceptors (Lipinski definition) is 8. The van der Waals surface area contributed by atoms with Gasteiger partial charge < -0.3 is 19.3 Å². The Morgan fingerprint density at radius 2 is 2.03 bits per heavy atom. The third kappa shape index (κ3) is 3.83. The summed E-state index contributed by atoms with van der Waals surface area (Å²) >= 11 is 0. The molecule has 0 bridgehead atoms. The van der Waals surface area contributed by atoms with Crippen molar-refractivity contribution < 1.29 is 28.3 Å². The van der Waals surface area contributed by atoms with Gasteiger partial charge in [0.15, 0.2) is 26.2 Å². The number of H-pyrrole nitrogens is 1. The van der Waals surface area contributed by atoms with Crippen LogP contribution in [0, 0.1) is 0 Å². The Kier molecular flexibility index (Phi) is 5.86. The molecule has 1 saturated heterocycles. The molecule has 4 heterocycles. The Morgan fingerprint density at radius 3 is 2.66 bits per heavy atom. The fraction of sp³-hybridized carbons (Fsp3) is 0.611. The van der Waals surface area contributed by atoms with Crippen LogP contribution in [0.15, 0.2) is 23.5 Å². The van der Waals surface area contributed by atoms with Gasteiger partial charge in [-0.3, -0.25) is 9.36 Å². The van der Waals surface area contributed by atoms with Gasteiger partial charge >= 0.3 is 8.25 Å². The molecule has 3 aromatic heterocycles. The van der Waals surface area contributed by atoms with Crippen LogP contribution in [0.5, 0.6) is 0 Å². The van der Waals surface area contributed by atoms with Crippen LogP contribution in [0.3, 0.4) is 0 Å². The van der Waals surface area contributed by atoms with E-state index in [0.29, 0.717) is 11.4 Å². The van der Waals surface area contributed by atoms with Gasteiger partial charge in [0.05, 0.1) is 12.9 Å². The van der Waals surface area contributed by atoms with Crippen LogP contribution in [0.4, 0.5) is 0 Å². The number of ether oxygens (including phenoxy) is 1. The predicted molar refractivity (Wildman–Crippen MR) is 117 cm³/mol. The number of imidazole rings is 2. The van der Waals surface area contributed by atoms with Crippen molar-refractivity contribution in [2.75, 3.05) is 6.61 Å². The predicted octanol–water partition coefficient (Wildman–Crippen LogP) is 1.69. The Labute approximate surface area is 185 Å². The Bertz CT molecular complexity index is 1220. The molecule has 0 spiro atoms. The first-order chi connectivity index (χ1) is 14.9. The van der Waals surface area contributed by atoms with Crippen LogP contribution in [0.1, 0.15) is 27.0 Å². The lowest BCUT2D eigenvalue weighted by molar-refractivity contribution is -0.0487. The van der Waals surface area contributed by atoms with Crippen LogP contribution in [-0.4, -0.2) is 67.2 Å². The number of aliphatic hydroxyl groups excluding tert-OH is 1. The zero-order valence-corrected chi connectivity index (χ0v) is 20.3. The molecule has 174 valence electrons. The minimum absolute atomic E-state index is 0.170. The maximum absolute atomic E-state index is 12.8. The Balaban J connectivity index is 1.84. The number of aliphatic hydroxyl groups is 1. The lowest BCUT2D eigenvalue weighted by Crippen LogP contribution is -2.49. The van der Waals surface area contributed by atoms with Crippen molar-refractivity contribution in [1.82, 2.24) is 23.9 Å². The number of hydrogen-bond donors (Lipinski definition) is 3. The average Bonchev–Trinajstić information content (AvgIpc) is 3.39.